The maximum atomic E-state index is 12.3. The molecule has 152 valence electrons. The third-order valence-corrected chi connectivity index (χ3v) is 5.41. The molecule has 2 N–H and O–H groups in total. The number of nitrogen functional groups attached to an aromatic ring is 1. The molecule has 0 bridgehead atoms. The van der Waals surface area contributed by atoms with Gasteiger partial charge in [-0.1, -0.05) is 12.1 Å². The Morgan fingerprint density at radius 3 is 2.48 bits per heavy atom. The highest BCUT2D eigenvalue weighted by Crippen LogP contribution is 2.32. The van der Waals surface area contributed by atoms with Gasteiger partial charge < -0.3 is 15.2 Å². The number of rotatable bonds is 8. The molecule has 0 radical (unpaired) electrons. The number of thiophene rings is 1. The van der Waals surface area contributed by atoms with Crippen molar-refractivity contribution in [3.8, 4) is 6.07 Å². The Morgan fingerprint density at radius 2 is 1.86 bits per heavy atom. The molecule has 2 aromatic rings. The maximum absolute atomic E-state index is 12.3. The average Bonchev–Trinajstić information content (AvgIpc) is 3.02. The predicted molar refractivity (Wildman–Crippen MR) is 109 cm³/mol. The second kappa shape index (κ2) is 9.85. The van der Waals surface area contributed by atoms with E-state index in [-0.39, 0.29) is 52.8 Å². The monoisotopic (exact) mass is 414 g/mol. The number of ether oxygens (including phenoxy) is 2. The Kier molecular flexibility index (Phi) is 7.51. The molecule has 8 heteroatoms. The molecule has 0 aliphatic rings. The summed E-state index contributed by atoms with van der Waals surface area (Å²) in [5.41, 5.74) is 8.73. The van der Waals surface area contributed by atoms with E-state index in [9.17, 15) is 19.6 Å². The van der Waals surface area contributed by atoms with Crippen molar-refractivity contribution in [1.29, 1.82) is 5.26 Å². The van der Waals surface area contributed by atoms with E-state index in [1.54, 1.807) is 19.1 Å². The summed E-state index contributed by atoms with van der Waals surface area (Å²) in [5, 5.41) is 9.43. The lowest BCUT2D eigenvalue weighted by atomic mass is 10.0. The fourth-order valence-electron chi connectivity index (χ4n) is 2.61. The Morgan fingerprint density at radius 1 is 1.14 bits per heavy atom. The van der Waals surface area contributed by atoms with Crippen molar-refractivity contribution < 1.29 is 23.9 Å². The van der Waals surface area contributed by atoms with Gasteiger partial charge in [-0.2, -0.15) is 5.26 Å². The Hall–Kier alpha value is -3.18. The van der Waals surface area contributed by atoms with Gasteiger partial charge in [0.25, 0.3) is 0 Å². The highest BCUT2D eigenvalue weighted by Gasteiger charge is 2.24. The number of ketones is 1. The predicted octanol–water partition coefficient (Wildman–Crippen LogP) is 3.70. The molecule has 1 aromatic carbocycles. The number of hydrogen-bond donors (Lipinski definition) is 1. The van der Waals surface area contributed by atoms with Gasteiger partial charge in [-0.25, -0.2) is 4.79 Å². The smallest absolute Gasteiger partial charge is 0.348 e. The van der Waals surface area contributed by atoms with Crippen LogP contribution in [0.1, 0.15) is 62.0 Å². The van der Waals surface area contributed by atoms with Crippen molar-refractivity contribution in [3.63, 3.8) is 0 Å². The first-order valence-electron chi connectivity index (χ1n) is 9.02. The van der Waals surface area contributed by atoms with E-state index in [1.807, 2.05) is 26.0 Å². The van der Waals surface area contributed by atoms with Crippen LogP contribution in [0.25, 0.3) is 0 Å². The summed E-state index contributed by atoms with van der Waals surface area (Å²) < 4.78 is 10.1. The fraction of sp³-hybridized carbons (Fsp3) is 0.333. The molecule has 0 saturated heterocycles. The number of nitrogens with two attached hydrogens (primary N) is 1. The topological polar surface area (TPSA) is 119 Å². The SMILES string of the molecule is CCOC(=O)c1sc(N)c(C#N)c1COC(=O)CCC(=O)c1ccc(C)c(C)c1. The molecule has 29 heavy (non-hydrogen) atoms. The Balaban J connectivity index is 2.00. The number of esters is 2. The second-order valence-corrected chi connectivity index (χ2v) is 7.42. The summed E-state index contributed by atoms with van der Waals surface area (Å²) in [6.45, 7) is 5.41. The van der Waals surface area contributed by atoms with Gasteiger partial charge in [0.1, 0.15) is 22.6 Å². The number of carbonyl (C=O) groups excluding carboxylic acids is 3. The van der Waals surface area contributed by atoms with Gasteiger partial charge in [-0.05, 0) is 38.0 Å². The molecule has 0 fully saturated rings. The number of Topliss-reactive ketones (excluding diaryl/α,β-unsaturated/α-hetero) is 1. The number of nitriles is 1. The van der Waals surface area contributed by atoms with E-state index in [0.717, 1.165) is 22.5 Å². The molecule has 0 spiro atoms. The number of hydrogen-bond acceptors (Lipinski definition) is 8. The van der Waals surface area contributed by atoms with E-state index in [4.69, 9.17) is 15.2 Å². The molecular weight excluding hydrogens is 392 g/mol. The normalized spacial score (nSPS) is 10.3. The molecule has 0 aliphatic heterocycles. The van der Waals surface area contributed by atoms with Gasteiger partial charge in [-0.15, -0.1) is 11.3 Å². The first-order valence-corrected chi connectivity index (χ1v) is 9.84. The van der Waals surface area contributed by atoms with Gasteiger partial charge >= 0.3 is 11.9 Å². The third-order valence-electron chi connectivity index (χ3n) is 4.37. The zero-order valence-corrected chi connectivity index (χ0v) is 17.4. The third kappa shape index (κ3) is 5.42. The van der Waals surface area contributed by atoms with Gasteiger partial charge in [0.15, 0.2) is 5.78 Å². The quantitative estimate of drug-likeness (QED) is 0.516. The lowest BCUT2D eigenvalue weighted by molar-refractivity contribution is -0.144. The van der Waals surface area contributed by atoms with Crippen LogP contribution in [0.5, 0.6) is 0 Å². The van der Waals surface area contributed by atoms with Gasteiger partial charge in [0, 0.05) is 17.5 Å². The van der Waals surface area contributed by atoms with E-state index in [1.165, 1.54) is 0 Å². The zero-order valence-electron chi connectivity index (χ0n) is 16.5. The van der Waals surface area contributed by atoms with E-state index >= 15 is 0 Å². The number of nitrogens with zero attached hydrogens (tertiary/aromatic N) is 1. The molecule has 0 atom stereocenters. The second-order valence-electron chi connectivity index (χ2n) is 6.36. The number of anilines is 1. The number of carbonyl (C=O) groups is 3. The largest absolute Gasteiger partial charge is 0.462 e. The summed E-state index contributed by atoms with van der Waals surface area (Å²) in [5.74, 6) is -1.39. The number of benzene rings is 1. The lowest BCUT2D eigenvalue weighted by Crippen LogP contribution is -2.11. The Labute approximate surface area is 173 Å². The summed E-state index contributed by atoms with van der Waals surface area (Å²) in [6.07, 6.45) is -0.106. The summed E-state index contributed by atoms with van der Waals surface area (Å²) >= 11 is 0.919. The van der Waals surface area contributed by atoms with Gasteiger partial charge in [0.2, 0.25) is 0 Å². The minimum Gasteiger partial charge on any atom is -0.462 e. The van der Waals surface area contributed by atoms with E-state index in [0.29, 0.717) is 5.56 Å². The van der Waals surface area contributed by atoms with Crippen LogP contribution in [0.4, 0.5) is 5.00 Å². The highest BCUT2D eigenvalue weighted by molar-refractivity contribution is 7.18. The van der Waals surface area contributed by atoms with Crippen LogP contribution in [0.3, 0.4) is 0 Å². The van der Waals surface area contributed by atoms with Crippen LogP contribution in [0, 0.1) is 25.2 Å². The van der Waals surface area contributed by atoms with Gasteiger partial charge in [0.05, 0.1) is 18.6 Å². The average molecular weight is 414 g/mol. The fourth-order valence-corrected chi connectivity index (χ4v) is 3.52. The van der Waals surface area contributed by atoms with E-state index in [2.05, 4.69) is 0 Å². The maximum Gasteiger partial charge on any atom is 0.348 e. The van der Waals surface area contributed by atoms with Crippen molar-refractivity contribution in [2.24, 2.45) is 0 Å². The number of aryl methyl sites for hydroxylation is 2. The summed E-state index contributed by atoms with van der Waals surface area (Å²) in [6, 6.07) is 7.31. The molecule has 0 aliphatic carbocycles. The van der Waals surface area contributed by atoms with Gasteiger partial charge in [-0.3, -0.25) is 9.59 Å². The van der Waals surface area contributed by atoms with Crippen LogP contribution in [0.15, 0.2) is 18.2 Å². The van der Waals surface area contributed by atoms with Crippen molar-refractivity contribution in [3.05, 3.63) is 50.9 Å². The van der Waals surface area contributed by atoms with Crippen molar-refractivity contribution >= 4 is 34.1 Å². The molecule has 7 nitrogen and oxygen atoms in total. The minimum absolute atomic E-state index is 0.00293. The lowest BCUT2D eigenvalue weighted by Gasteiger charge is -2.07. The van der Waals surface area contributed by atoms with E-state index < -0.39 is 11.9 Å². The van der Waals surface area contributed by atoms with Crippen LogP contribution in [-0.2, 0) is 20.9 Å². The molecule has 2 rings (SSSR count). The first kappa shape index (κ1) is 22.1. The molecule has 1 heterocycles. The summed E-state index contributed by atoms with van der Waals surface area (Å²) in [4.78, 5) is 36.6. The highest BCUT2D eigenvalue weighted by atomic mass is 32.1. The zero-order chi connectivity index (χ0) is 21.6. The van der Waals surface area contributed by atoms with Crippen LogP contribution in [-0.4, -0.2) is 24.3 Å². The van der Waals surface area contributed by atoms with Crippen molar-refractivity contribution in [2.75, 3.05) is 12.3 Å². The van der Waals surface area contributed by atoms with Crippen molar-refractivity contribution in [2.45, 2.75) is 40.2 Å². The molecule has 0 unspecified atom stereocenters. The van der Waals surface area contributed by atoms with Crippen LogP contribution >= 0.6 is 11.3 Å². The molecule has 0 saturated carbocycles. The van der Waals surface area contributed by atoms with Crippen molar-refractivity contribution in [1.82, 2.24) is 0 Å². The van der Waals surface area contributed by atoms with Crippen LogP contribution in [0.2, 0.25) is 0 Å². The molecule has 0 amide bonds. The minimum atomic E-state index is -0.623. The Bertz CT molecular complexity index is 988. The first-order chi connectivity index (χ1) is 13.8. The molecular formula is C21H22N2O5S. The standard InChI is InChI=1S/C21H22N2O5S/c1-4-27-21(26)19-16(15(10-22)20(23)29-19)11-28-18(25)8-7-17(24)14-6-5-12(2)13(3)9-14/h5-6,9H,4,7-8,11,23H2,1-3H3. The summed E-state index contributed by atoms with van der Waals surface area (Å²) in [7, 11) is 0. The van der Waals surface area contributed by atoms with Crippen LogP contribution < -0.4 is 5.73 Å². The molecule has 1 aromatic heterocycles.